The summed E-state index contributed by atoms with van der Waals surface area (Å²) in [5.41, 5.74) is -0.758. The van der Waals surface area contributed by atoms with Crippen molar-refractivity contribution < 1.29 is 18.3 Å². The van der Waals surface area contributed by atoms with E-state index >= 15 is 0 Å². The lowest BCUT2D eigenvalue weighted by Crippen LogP contribution is -2.66. The van der Waals surface area contributed by atoms with Crippen LogP contribution in [0.5, 0.6) is 0 Å². The number of ether oxygens (including phenoxy) is 1. The van der Waals surface area contributed by atoms with Crippen molar-refractivity contribution in [3.63, 3.8) is 0 Å². The minimum absolute atomic E-state index is 0.0356. The highest BCUT2D eigenvalue weighted by Gasteiger charge is 2.54. The van der Waals surface area contributed by atoms with Gasteiger partial charge in [0.25, 0.3) is 5.92 Å². The van der Waals surface area contributed by atoms with Gasteiger partial charge in [0.2, 0.25) is 0 Å². The van der Waals surface area contributed by atoms with Crippen molar-refractivity contribution in [3.05, 3.63) is 0 Å². The van der Waals surface area contributed by atoms with Gasteiger partial charge in [-0.15, -0.1) is 0 Å². The van der Waals surface area contributed by atoms with Crippen LogP contribution in [0, 0.1) is 5.41 Å². The van der Waals surface area contributed by atoms with Crippen molar-refractivity contribution in [1.82, 2.24) is 10.2 Å². The molecule has 2 atom stereocenters. The molecule has 122 valence electrons. The van der Waals surface area contributed by atoms with Crippen LogP contribution < -0.4 is 5.32 Å². The first-order valence-corrected chi connectivity index (χ1v) is 7.52. The van der Waals surface area contributed by atoms with Crippen LogP contribution in [0.4, 0.5) is 13.6 Å². The second kappa shape index (κ2) is 5.07. The van der Waals surface area contributed by atoms with Gasteiger partial charge in [-0.05, 0) is 27.2 Å². The molecule has 1 saturated carbocycles. The Bertz CT molecular complexity index is 418. The molecule has 1 N–H and O–H groups in total. The Kier molecular flexibility index (Phi) is 3.98. The molecule has 1 aliphatic carbocycles. The number of carbonyl (C=O) groups excluding carboxylic acids is 1. The summed E-state index contributed by atoms with van der Waals surface area (Å²) < 4.78 is 31.9. The Hall–Kier alpha value is -0.910. The molecular weight excluding hydrogens is 278 g/mol. The molecule has 1 aliphatic heterocycles. The topological polar surface area (TPSA) is 41.6 Å². The smallest absolute Gasteiger partial charge is 0.407 e. The molecule has 0 bridgehead atoms. The van der Waals surface area contributed by atoms with Crippen molar-refractivity contribution in [3.8, 4) is 0 Å². The highest BCUT2D eigenvalue weighted by molar-refractivity contribution is 5.68. The Balaban J connectivity index is 1.88. The molecule has 0 radical (unpaired) electrons. The molecule has 0 spiro atoms. The summed E-state index contributed by atoms with van der Waals surface area (Å²) in [6.45, 7) is 9.73. The molecule has 0 aromatic heterocycles. The van der Waals surface area contributed by atoms with Crippen LogP contribution in [-0.2, 0) is 4.74 Å². The van der Waals surface area contributed by atoms with Gasteiger partial charge in [-0.3, -0.25) is 4.90 Å². The number of nitrogens with zero attached hydrogens (tertiary/aromatic N) is 1. The molecule has 2 unspecified atom stereocenters. The summed E-state index contributed by atoms with van der Waals surface area (Å²) in [7, 11) is 0. The Labute approximate surface area is 125 Å². The van der Waals surface area contributed by atoms with Crippen molar-refractivity contribution in [2.45, 2.75) is 71.1 Å². The normalized spacial score (nSPS) is 31.6. The van der Waals surface area contributed by atoms with Gasteiger partial charge in [0.1, 0.15) is 5.60 Å². The number of alkyl carbamates (subject to hydrolysis) is 1. The van der Waals surface area contributed by atoms with Crippen molar-refractivity contribution >= 4 is 6.09 Å². The third-order valence-corrected chi connectivity index (χ3v) is 4.55. The van der Waals surface area contributed by atoms with Crippen molar-refractivity contribution in [2.24, 2.45) is 5.41 Å². The average molecular weight is 304 g/mol. The van der Waals surface area contributed by atoms with E-state index in [2.05, 4.69) is 5.32 Å². The van der Waals surface area contributed by atoms with E-state index in [9.17, 15) is 13.6 Å². The second-order valence-electron chi connectivity index (χ2n) is 7.85. The first-order valence-electron chi connectivity index (χ1n) is 7.52. The van der Waals surface area contributed by atoms with Gasteiger partial charge in [-0.25, -0.2) is 13.6 Å². The lowest BCUT2D eigenvalue weighted by Gasteiger charge is -2.55. The van der Waals surface area contributed by atoms with E-state index in [0.717, 1.165) is 0 Å². The number of amides is 1. The van der Waals surface area contributed by atoms with Crippen molar-refractivity contribution in [1.29, 1.82) is 0 Å². The zero-order valence-corrected chi connectivity index (χ0v) is 13.5. The number of hydrogen-bond acceptors (Lipinski definition) is 3. The maximum atomic E-state index is 13.3. The van der Waals surface area contributed by atoms with Crippen LogP contribution in [0.25, 0.3) is 0 Å². The summed E-state index contributed by atoms with van der Waals surface area (Å²) in [6, 6.07) is 0.0531. The summed E-state index contributed by atoms with van der Waals surface area (Å²) in [4.78, 5) is 13.7. The number of rotatable bonds is 2. The number of carbonyl (C=O) groups is 1. The fourth-order valence-electron chi connectivity index (χ4n) is 3.25. The number of hydrogen-bond donors (Lipinski definition) is 1. The van der Waals surface area contributed by atoms with Crippen LogP contribution in [0.1, 0.15) is 47.5 Å². The molecule has 0 aromatic carbocycles. The van der Waals surface area contributed by atoms with Crippen LogP contribution in [0.15, 0.2) is 0 Å². The monoisotopic (exact) mass is 304 g/mol. The van der Waals surface area contributed by atoms with E-state index in [4.69, 9.17) is 4.74 Å². The molecule has 1 amide bonds. The van der Waals surface area contributed by atoms with Gasteiger partial charge < -0.3 is 10.1 Å². The first-order chi connectivity index (χ1) is 9.41. The Morgan fingerprint density at radius 2 is 1.95 bits per heavy atom. The van der Waals surface area contributed by atoms with Crippen LogP contribution in [-0.4, -0.2) is 47.7 Å². The predicted molar refractivity (Wildman–Crippen MR) is 76.5 cm³/mol. The summed E-state index contributed by atoms with van der Waals surface area (Å²) in [5.74, 6) is -2.57. The molecule has 1 saturated heterocycles. The molecule has 0 aromatic rings. The molecule has 2 aliphatic rings. The molecule has 2 fully saturated rings. The number of likely N-dealkylation sites (tertiary alicyclic amines) is 1. The fourth-order valence-corrected chi connectivity index (χ4v) is 3.25. The predicted octanol–water partition coefficient (Wildman–Crippen LogP) is 3.02. The molecular formula is C15H26F2N2O2. The Morgan fingerprint density at radius 1 is 1.33 bits per heavy atom. The third-order valence-electron chi connectivity index (χ3n) is 4.55. The number of nitrogens with one attached hydrogen (secondary N) is 1. The van der Waals surface area contributed by atoms with E-state index in [1.165, 1.54) is 0 Å². The van der Waals surface area contributed by atoms with Gasteiger partial charge >= 0.3 is 6.09 Å². The maximum Gasteiger partial charge on any atom is 0.407 e. The molecule has 21 heavy (non-hydrogen) atoms. The zero-order valence-electron chi connectivity index (χ0n) is 13.5. The Morgan fingerprint density at radius 3 is 2.38 bits per heavy atom. The second-order valence-corrected chi connectivity index (χ2v) is 7.85. The highest BCUT2D eigenvalue weighted by Crippen LogP contribution is 2.46. The highest BCUT2D eigenvalue weighted by atomic mass is 19.3. The maximum absolute atomic E-state index is 13.3. The van der Waals surface area contributed by atoms with Gasteiger partial charge in [0, 0.05) is 30.5 Å². The summed E-state index contributed by atoms with van der Waals surface area (Å²) in [6.07, 6.45) is 0.192. The largest absolute Gasteiger partial charge is 0.444 e. The minimum Gasteiger partial charge on any atom is -0.444 e. The summed E-state index contributed by atoms with van der Waals surface area (Å²) >= 11 is 0. The molecule has 6 heteroatoms. The standard InChI is InChI=1S/C15H26F2N2O2/c1-13(2,3)21-12(20)18-10-8-11(14(10,4)5)19-7-6-15(16,17)9-19/h10-11H,6-9H2,1-5H3,(H,18,20). The average Bonchev–Trinajstić information content (AvgIpc) is 2.61. The van der Waals surface area contributed by atoms with E-state index in [-0.39, 0.29) is 30.5 Å². The van der Waals surface area contributed by atoms with Crippen molar-refractivity contribution in [2.75, 3.05) is 13.1 Å². The minimum atomic E-state index is -2.57. The number of halogens is 2. The lowest BCUT2D eigenvalue weighted by atomic mass is 9.62. The lowest BCUT2D eigenvalue weighted by molar-refractivity contribution is -0.0524. The molecule has 2 rings (SSSR count). The third kappa shape index (κ3) is 3.65. The quantitative estimate of drug-likeness (QED) is 0.852. The van der Waals surface area contributed by atoms with Gasteiger partial charge in [-0.1, -0.05) is 13.8 Å². The summed E-state index contributed by atoms with van der Waals surface area (Å²) in [5, 5.41) is 2.86. The van der Waals surface area contributed by atoms with E-state index < -0.39 is 17.6 Å². The van der Waals surface area contributed by atoms with E-state index in [0.29, 0.717) is 13.0 Å². The number of alkyl halides is 2. The molecule has 4 nitrogen and oxygen atoms in total. The first kappa shape index (κ1) is 16.5. The zero-order chi connectivity index (χ0) is 16.1. The van der Waals surface area contributed by atoms with Gasteiger partial charge in [-0.2, -0.15) is 0 Å². The van der Waals surface area contributed by atoms with E-state index in [1.54, 1.807) is 0 Å². The van der Waals surface area contributed by atoms with Crippen LogP contribution in [0.2, 0.25) is 0 Å². The van der Waals surface area contributed by atoms with Crippen LogP contribution in [0.3, 0.4) is 0 Å². The van der Waals surface area contributed by atoms with E-state index in [1.807, 2.05) is 39.5 Å². The van der Waals surface area contributed by atoms with Gasteiger partial charge in [0.05, 0.1) is 6.54 Å². The van der Waals surface area contributed by atoms with Gasteiger partial charge in [0.15, 0.2) is 0 Å². The molecule has 1 heterocycles. The SMILES string of the molecule is CC(C)(C)OC(=O)NC1CC(N2CCC(F)(F)C2)C1(C)C. The van der Waals surface area contributed by atoms with Crippen LogP contribution >= 0.6 is 0 Å². The fraction of sp³-hybridized carbons (Fsp3) is 0.933.